The van der Waals surface area contributed by atoms with Crippen molar-refractivity contribution in [3.05, 3.63) is 46.7 Å². The maximum atomic E-state index is 6.16. The summed E-state index contributed by atoms with van der Waals surface area (Å²) in [6.45, 7) is 0. The molecule has 1 aromatic carbocycles. The number of nitrogens with one attached hydrogen (secondary N) is 1. The molecule has 1 aliphatic heterocycles. The molecule has 0 radical (unpaired) electrons. The molecule has 2 heterocycles. The van der Waals surface area contributed by atoms with E-state index in [0.29, 0.717) is 6.04 Å². The van der Waals surface area contributed by atoms with Gasteiger partial charge in [0.2, 0.25) is 0 Å². The van der Waals surface area contributed by atoms with Crippen LogP contribution >= 0.6 is 23.1 Å². The Morgan fingerprint density at radius 1 is 1.32 bits per heavy atom. The van der Waals surface area contributed by atoms with Crippen LogP contribution in [0.5, 0.6) is 5.75 Å². The number of fused-ring (bicyclic) bond motifs is 1. The molecule has 0 spiro atoms. The van der Waals surface area contributed by atoms with Crippen LogP contribution in [0.4, 0.5) is 0 Å². The molecular formula is C15H17NOS2. The average Bonchev–Trinajstić information content (AvgIpc) is 2.97. The molecule has 0 amide bonds. The van der Waals surface area contributed by atoms with Crippen LogP contribution in [-0.4, -0.2) is 24.9 Å². The molecule has 1 N–H and O–H groups in total. The average molecular weight is 291 g/mol. The molecule has 3 rings (SSSR count). The highest BCUT2D eigenvalue weighted by molar-refractivity contribution is 7.99. The fourth-order valence-electron chi connectivity index (χ4n) is 2.30. The number of hydrogen-bond donors (Lipinski definition) is 1. The highest BCUT2D eigenvalue weighted by Crippen LogP contribution is 2.36. The van der Waals surface area contributed by atoms with Gasteiger partial charge >= 0.3 is 0 Å². The van der Waals surface area contributed by atoms with Gasteiger partial charge in [0.1, 0.15) is 11.9 Å². The topological polar surface area (TPSA) is 21.3 Å². The van der Waals surface area contributed by atoms with Crippen LogP contribution in [0.2, 0.25) is 0 Å². The number of benzene rings is 1. The summed E-state index contributed by atoms with van der Waals surface area (Å²) in [7, 11) is 2.02. The van der Waals surface area contributed by atoms with Gasteiger partial charge in [-0.2, -0.15) is 0 Å². The Morgan fingerprint density at radius 2 is 2.21 bits per heavy atom. The van der Waals surface area contributed by atoms with Gasteiger partial charge in [-0.05, 0) is 30.6 Å². The first-order valence-electron chi connectivity index (χ1n) is 6.45. The lowest BCUT2D eigenvalue weighted by Crippen LogP contribution is -2.45. The van der Waals surface area contributed by atoms with Gasteiger partial charge in [0, 0.05) is 28.0 Å². The molecule has 0 bridgehead atoms. The van der Waals surface area contributed by atoms with Crippen molar-refractivity contribution in [2.24, 2.45) is 0 Å². The maximum absolute atomic E-state index is 6.16. The largest absolute Gasteiger partial charge is 0.487 e. The van der Waals surface area contributed by atoms with Crippen molar-refractivity contribution in [1.82, 2.24) is 5.32 Å². The number of thioether (sulfide) groups is 1. The molecule has 0 fully saturated rings. The summed E-state index contributed by atoms with van der Waals surface area (Å²) in [4.78, 5) is 2.66. The minimum absolute atomic E-state index is 0.229. The third-order valence-electron chi connectivity index (χ3n) is 3.35. The summed E-state index contributed by atoms with van der Waals surface area (Å²) in [5.41, 5.74) is 0. The van der Waals surface area contributed by atoms with E-state index in [1.165, 1.54) is 9.77 Å². The van der Waals surface area contributed by atoms with Gasteiger partial charge in [0.15, 0.2) is 0 Å². The number of rotatable bonds is 4. The number of hydrogen-bond acceptors (Lipinski definition) is 4. The number of thiophene rings is 1. The third kappa shape index (κ3) is 2.96. The van der Waals surface area contributed by atoms with Crippen molar-refractivity contribution in [2.75, 3.05) is 12.8 Å². The zero-order chi connectivity index (χ0) is 13.1. The monoisotopic (exact) mass is 291 g/mol. The molecule has 2 aromatic rings. The summed E-state index contributed by atoms with van der Waals surface area (Å²) in [5, 5.41) is 5.54. The molecule has 19 heavy (non-hydrogen) atoms. The molecule has 0 saturated heterocycles. The zero-order valence-corrected chi connectivity index (χ0v) is 12.5. The van der Waals surface area contributed by atoms with E-state index in [0.717, 1.165) is 17.9 Å². The van der Waals surface area contributed by atoms with E-state index >= 15 is 0 Å². The van der Waals surface area contributed by atoms with E-state index in [1.807, 2.05) is 36.2 Å². The first-order chi connectivity index (χ1) is 9.36. The molecule has 2 atom stereocenters. The second kappa shape index (κ2) is 5.99. The van der Waals surface area contributed by atoms with Gasteiger partial charge < -0.3 is 10.1 Å². The predicted octanol–water partition coefficient (Wildman–Crippen LogP) is 3.43. The van der Waals surface area contributed by atoms with Crippen molar-refractivity contribution >= 4 is 23.1 Å². The lowest BCUT2D eigenvalue weighted by Gasteiger charge is -2.31. The highest BCUT2D eigenvalue weighted by Gasteiger charge is 2.27. The van der Waals surface area contributed by atoms with Gasteiger partial charge in [-0.3, -0.25) is 0 Å². The smallest absolute Gasteiger partial charge is 0.133 e. The van der Waals surface area contributed by atoms with E-state index in [4.69, 9.17) is 4.74 Å². The summed E-state index contributed by atoms with van der Waals surface area (Å²) >= 11 is 3.71. The van der Waals surface area contributed by atoms with E-state index < -0.39 is 0 Å². The third-order valence-corrected chi connectivity index (χ3v) is 5.39. The first kappa shape index (κ1) is 13.0. The van der Waals surface area contributed by atoms with Crippen molar-refractivity contribution < 1.29 is 4.74 Å². The van der Waals surface area contributed by atoms with Crippen LogP contribution in [0.15, 0.2) is 46.7 Å². The Kier molecular flexibility index (Phi) is 4.11. The Morgan fingerprint density at radius 3 is 3.00 bits per heavy atom. The van der Waals surface area contributed by atoms with E-state index in [2.05, 4.69) is 41.0 Å². The van der Waals surface area contributed by atoms with Crippen molar-refractivity contribution in [2.45, 2.75) is 23.5 Å². The summed E-state index contributed by atoms with van der Waals surface area (Å²) < 4.78 is 6.16. The SMILES string of the molecule is CNC(Cc1cccs1)C1CSc2ccccc2O1. The molecule has 2 nitrogen and oxygen atoms in total. The Hall–Kier alpha value is -0.970. The highest BCUT2D eigenvalue weighted by atomic mass is 32.2. The van der Waals surface area contributed by atoms with Crippen LogP contribution in [0.1, 0.15) is 4.88 Å². The van der Waals surface area contributed by atoms with E-state index in [9.17, 15) is 0 Å². The van der Waals surface area contributed by atoms with E-state index in [-0.39, 0.29) is 6.10 Å². The summed E-state index contributed by atoms with van der Waals surface area (Å²) in [6.07, 6.45) is 1.26. The minimum atomic E-state index is 0.229. The molecular weight excluding hydrogens is 274 g/mol. The second-order valence-electron chi connectivity index (χ2n) is 4.59. The maximum Gasteiger partial charge on any atom is 0.133 e. The van der Waals surface area contributed by atoms with Gasteiger partial charge in [0.05, 0.1) is 0 Å². The lowest BCUT2D eigenvalue weighted by atomic mass is 10.1. The molecule has 100 valence electrons. The number of ether oxygens (including phenoxy) is 1. The number of para-hydroxylation sites is 1. The van der Waals surface area contributed by atoms with Crippen LogP contribution in [0.25, 0.3) is 0 Å². The van der Waals surface area contributed by atoms with Crippen molar-refractivity contribution in [1.29, 1.82) is 0 Å². The molecule has 2 unspecified atom stereocenters. The van der Waals surface area contributed by atoms with Crippen LogP contribution in [-0.2, 0) is 6.42 Å². The molecule has 1 aliphatic rings. The second-order valence-corrected chi connectivity index (χ2v) is 6.69. The molecule has 0 aliphatic carbocycles. The van der Waals surface area contributed by atoms with Crippen LogP contribution in [0, 0.1) is 0 Å². The Labute approximate surface area is 122 Å². The summed E-state index contributed by atoms with van der Waals surface area (Å²) in [6, 6.07) is 13.0. The van der Waals surface area contributed by atoms with Gasteiger partial charge in [-0.15, -0.1) is 23.1 Å². The zero-order valence-electron chi connectivity index (χ0n) is 10.8. The Bertz CT molecular complexity index is 527. The van der Waals surface area contributed by atoms with Crippen LogP contribution in [0.3, 0.4) is 0 Å². The van der Waals surface area contributed by atoms with Gasteiger partial charge in [-0.25, -0.2) is 0 Å². The first-order valence-corrected chi connectivity index (χ1v) is 8.31. The van der Waals surface area contributed by atoms with Gasteiger partial charge in [0.25, 0.3) is 0 Å². The number of likely N-dealkylation sites (N-methyl/N-ethyl adjacent to an activating group) is 1. The molecule has 1 aromatic heterocycles. The normalized spacial score (nSPS) is 19.5. The van der Waals surface area contributed by atoms with Crippen LogP contribution < -0.4 is 10.1 Å². The standard InChI is InChI=1S/C15H17NOS2/c1-16-12(9-11-5-4-8-18-11)14-10-19-15-7-3-2-6-13(15)17-14/h2-8,12,14,16H,9-10H2,1H3. The molecule has 0 saturated carbocycles. The van der Waals surface area contributed by atoms with Crippen molar-refractivity contribution in [3.8, 4) is 5.75 Å². The quantitative estimate of drug-likeness (QED) is 0.932. The van der Waals surface area contributed by atoms with E-state index in [1.54, 1.807) is 0 Å². The lowest BCUT2D eigenvalue weighted by molar-refractivity contribution is 0.170. The predicted molar refractivity (Wildman–Crippen MR) is 82.5 cm³/mol. The Balaban J connectivity index is 1.72. The fraction of sp³-hybridized carbons (Fsp3) is 0.333. The summed E-state index contributed by atoms with van der Waals surface area (Å²) in [5.74, 6) is 2.03. The fourth-order valence-corrected chi connectivity index (χ4v) is 4.14. The van der Waals surface area contributed by atoms with Crippen molar-refractivity contribution in [3.63, 3.8) is 0 Å². The minimum Gasteiger partial charge on any atom is -0.487 e. The van der Waals surface area contributed by atoms with Gasteiger partial charge in [-0.1, -0.05) is 18.2 Å². The molecule has 4 heteroatoms.